The van der Waals surface area contributed by atoms with E-state index in [1.54, 1.807) is 12.4 Å². The van der Waals surface area contributed by atoms with E-state index >= 15 is 0 Å². The molecule has 0 bridgehead atoms. The number of nitrogens with one attached hydrogen (secondary N) is 1. The lowest BCUT2D eigenvalue weighted by Gasteiger charge is -2.07. The van der Waals surface area contributed by atoms with Crippen molar-refractivity contribution in [3.05, 3.63) is 78.7 Å². The highest BCUT2D eigenvalue weighted by molar-refractivity contribution is 6.00. The van der Waals surface area contributed by atoms with E-state index in [-0.39, 0.29) is 5.88 Å². The number of H-pyrrole nitrogens is 1. The van der Waals surface area contributed by atoms with Crippen LogP contribution in [-0.2, 0) is 0 Å². The first-order valence-corrected chi connectivity index (χ1v) is 10.0. The van der Waals surface area contributed by atoms with Crippen LogP contribution in [0.15, 0.2) is 78.1 Å². The number of hydrogen-bond donors (Lipinski definition) is 2. The molecule has 0 fully saturated rings. The second-order valence-corrected chi connectivity index (χ2v) is 6.46. The highest BCUT2D eigenvalue weighted by Crippen LogP contribution is 2.35. The van der Waals surface area contributed by atoms with Crippen molar-refractivity contribution < 1.29 is 5.11 Å². The number of fused-ring (bicyclic) bond motifs is 1. The van der Waals surface area contributed by atoms with Gasteiger partial charge in [-0.3, -0.25) is 9.98 Å². The molecule has 1 aliphatic rings. The van der Waals surface area contributed by atoms with Crippen molar-refractivity contribution in [3.63, 3.8) is 0 Å². The summed E-state index contributed by atoms with van der Waals surface area (Å²) in [4.78, 5) is 11.9. The second-order valence-electron chi connectivity index (χ2n) is 6.46. The van der Waals surface area contributed by atoms with Crippen LogP contribution in [0.1, 0.15) is 32.8 Å². The van der Waals surface area contributed by atoms with E-state index in [0.717, 1.165) is 45.3 Å². The third-order valence-corrected chi connectivity index (χ3v) is 4.78. The molecule has 2 aromatic heterocycles. The van der Waals surface area contributed by atoms with E-state index in [9.17, 15) is 5.11 Å². The topological polar surface area (TPSA) is 61.3 Å². The van der Waals surface area contributed by atoms with Crippen LogP contribution in [0.4, 0.5) is 0 Å². The number of pyridine rings is 1. The average molecular weight is 386 g/mol. The van der Waals surface area contributed by atoms with Crippen LogP contribution >= 0.6 is 0 Å². The molecule has 0 aliphatic heterocycles. The average Bonchev–Trinajstić information content (AvgIpc) is 3.12. The number of aromatic nitrogens is 2. The molecule has 0 amide bonds. The van der Waals surface area contributed by atoms with Crippen molar-refractivity contribution in [2.24, 2.45) is 4.99 Å². The lowest BCUT2D eigenvalue weighted by molar-refractivity contribution is 0.457. The number of rotatable bonds is 4. The molecule has 0 unspecified atom stereocenters. The van der Waals surface area contributed by atoms with Gasteiger partial charge in [0.1, 0.15) is 0 Å². The molecule has 4 nitrogen and oxygen atoms in total. The molecule has 0 atom stereocenters. The number of aliphatic imine (C=N–C) groups is 1. The SMILES string of the molecule is C/C=C(\CN=C1C=CC=CC1)c1c(O)[nH]c2ccc(-c3ccncc3)cc12.CC. The Balaban J connectivity index is 0.00000117. The first-order chi connectivity index (χ1) is 14.3. The van der Waals surface area contributed by atoms with Crippen LogP contribution < -0.4 is 0 Å². The molecule has 4 rings (SSSR count). The Hall–Kier alpha value is -3.40. The summed E-state index contributed by atoms with van der Waals surface area (Å²) >= 11 is 0. The van der Waals surface area contributed by atoms with E-state index in [4.69, 9.17) is 4.99 Å². The van der Waals surface area contributed by atoms with Crippen LogP contribution in [0.3, 0.4) is 0 Å². The molecule has 4 heteroatoms. The summed E-state index contributed by atoms with van der Waals surface area (Å²) < 4.78 is 0. The second kappa shape index (κ2) is 9.69. The minimum absolute atomic E-state index is 0.185. The zero-order valence-corrected chi connectivity index (χ0v) is 17.2. The Bertz CT molecular complexity index is 1090. The van der Waals surface area contributed by atoms with E-state index in [2.05, 4.69) is 22.1 Å². The van der Waals surface area contributed by atoms with E-state index in [1.807, 2.05) is 69.3 Å². The van der Waals surface area contributed by atoms with Gasteiger partial charge in [0.2, 0.25) is 0 Å². The van der Waals surface area contributed by atoms with E-state index < -0.39 is 0 Å². The summed E-state index contributed by atoms with van der Waals surface area (Å²) in [7, 11) is 0. The van der Waals surface area contributed by atoms with Crippen molar-refractivity contribution in [3.8, 4) is 17.0 Å². The molecule has 2 N–H and O–H groups in total. The predicted molar refractivity (Wildman–Crippen MR) is 123 cm³/mol. The van der Waals surface area contributed by atoms with Crippen molar-refractivity contribution in [1.82, 2.24) is 9.97 Å². The highest BCUT2D eigenvalue weighted by Gasteiger charge is 2.15. The van der Waals surface area contributed by atoms with Crippen molar-refractivity contribution in [2.45, 2.75) is 27.2 Å². The van der Waals surface area contributed by atoms with Crippen LogP contribution in [0.25, 0.3) is 27.6 Å². The van der Waals surface area contributed by atoms with Crippen LogP contribution in [0.2, 0.25) is 0 Å². The fourth-order valence-electron chi connectivity index (χ4n) is 3.35. The van der Waals surface area contributed by atoms with Gasteiger partial charge in [-0.25, -0.2) is 0 Å². The fraction of sp³-hybridized carbons (Fsp3) is 0.200. The summed E-state index contributed by atoms with van der Waals surface area (Å²) in [5.41, 5.74) is 5.97. The van der Waals surface area contributed by atoms with Gasteiger partial charge in [0, 0.05) is 41.0 Å². The lowest BCUT2D eigenvalue weighted by Crippen LogP contribution is -1.98. The maximum Gasteiger partial charge on any atom is 0.197 e. The van der Waals surface area contributed by atoms with Crippen LogP contribution in [0, 0.1) is 0 Å². The number of benzene rings is 1. The molecule has 1 aliphatic carbocycles. The zero-order chi connectivity index (χ0) is 20.6. The van der Waals surface area contributed by atoms with Gasteiger partial charge in [0.15, 0.2) is 5.88 Å². The standard InChI is InChI=1S/C23H21N3O.C2H6/c1-2-16(15-25-19-6-4-3-5-7-19)22-20-14-18(17-10-12-24-13-11-17)8-9-21(20)26-23(22)27;1-2/h2-6,8-14,26-27H,7,15H2,1H3;1-2H3/b16-2+,25-19?;. The van der Waals surface area contributed by atoms with Gasteiger partial charge in [-0.15, -0.1) is 0 Å². The molecule has 2 heterocycles. The van der Waals surface area contributed by atoms with Crippen LogP contribution in [0.5, 0.6) is 5.88 Å². The molecule has 0 saturated carbocycles. The Kier molecular flexibility index (Phi) is 6.80. The molecule has 148 valence electrons. The molecule has 0 radical (unpaired) electrons. The number of aromatic amines is 1. The van der Waals surface area contributed by atoms with Gasteiger partial charge in [-0.2, -0.15) is 0 Å². The maximum atomic E-state index is 10.6. The first kappa shape index (κ1) is 20.3. The van der Waals surface area contributed by atoms with Gasteiger partial charge in [-0.05, 0) is 54.0 Å². The quantitative estimate of drug-likeness (QED) is 0.552. The van der Waals surface area contributed by atoms with Gasteiger partial charge in [-0.1, -0.05) is 44.2 Å². The molecule has 1 aromatic carbocycles. The minimum Gasteiger partial charge on any atom is -0.494 e. The van der Waals surface area contributed by atoms with Gasteiger partial charge in [0.05, 0.1) is 6.54 Å². The molecule has 3 aromatic rings. The third kappa shape index (κ3) is 4.54. The Morgan fingerprint density at radius 1 is 1.14 bits per heavy atom. The normalized spacial score (nSPS) is 14.9. The number of nitrogens with zero attached hydrogens (tertiary/aromatic N) is 2. The van der Waals surface area contributed by atoms with Crippen molar-refractivity contribution >= 4 is 22.2 Å². The summed E-state index contributed by atoms with van der Waals surface area (Å²) in [6.45, 7) is 6.52. The molecular weight excluding hydrogens is 358 g/mol. The Labute approximate surface area is 172 Å². The third-order valence-electron chi connectivity index (χ3n) is 4.78. The number of aromatic hydroxyl groups is 1. The minimum atomic E-state index is 0.185. The number of allylic oxidation sites excluding steroid dienone is 5. The van der Waals surface area contributed by atoms with Gasteiger partial charge < -0.3 is 10.1 Å². The number of hydrogen-bond acceptors (Lipinski definition) is 3. The van der Waals surface area contributed by atoms with E-state index in [0.29, 0.717) is 6.54 Å². The summed E-state index contributed by atoms with van der Waals surface area (Å²) in [6, 6.07) is 10.1. The predicted octanol–water partition coefficient (Wildman–Crippen LogP) is 6.32. The highest BCUT2D eigenvalue weighted by atomic mass is 16.3. The summed E-state index contributed by atoms with van der Waals surface area (Å²) in [5, 5.41) is 11.5. The monoisotopic (exact) mass is 385 g/mol. The van der Waals surface area contributed by atoms with Gasteiger partial charge >= 0.3 is 0 Å². The van der Waals surface area contributed by atoms with Crippen molar-refractivity contribution in [1.29, 1.82) is 0 Å². The smallest absolute Gasteiger partial charge is 0.197 e. The first-order valence-electron chi connectivity index (χ1n) is 10.0. The van der Waals surface area contributed by atoms with Crippen molar-refractivity contribution in [2.75, 3.05) is 6.54 Å². The summed E-state index contributed by atoms with van der Waals surface area (Å²) in [6.07, 6.45) is 14.6. The zero-order valence-electron chi connectivity index (χ0n) is 17.2. The van der Waals surface area contributed by atoms with Gasteiger partial charge in [0.25, 0.3) is 0 Å². The molecule has 29 heavy (non-hydrogen) atoms. The Morgan fingerprint density at radius 2 is 1.93 bits per heavy atom. The summed E-state index contributed by atoms with van der Waals surface area (Å²) in [5.74, 6) is 0.185. The molecular formula is C25H27N3O. The van der Waals surface area contributed by atoms with Crippen LogP contribution in [-0.4, -0.2) is 27.3 Å². The largest absolute Gasteiger partial charge is 0.494 e. The molecule has 0 spiro atoms. The Morgan fingerprint density at radius 3 is 2.62 bits per heavy atom. The fourth-order valence-corrected chi connectivity index (χ4v) is 3.35. The maximum absolute atomic E-state index is 10.6. The lowest BCUT2D eigenvalue weighted by atomic mass is 10.00. The molecule has 0 saturated heterocycles. The van der Waals surface area contributed by atoms with E-state index in [1.165, 1.54) is 0 Å².